The topological polar surface area (TPSA) is 53.2 Å². The maximum Gasteiger partial charge on any atom is 0.420 e. The van der Waals surface area contributed by atoms with Crippen LogP contribution in [0.25, 0.3) is 0 Å². The Morgan fingerprint density at radius 2 is 1.61 bits per heavy atom. The van der Waals surface area contributed by atoms with Crippen LogP contribution in [-0.4, -0.2) is 24.3 Å². The predicted octanol–water partition coefficient (Wildman–Crippen LogP) is 1.57. The molecule has 0 unspecified atom stereocenters. The monoisotopic (exact) mass is 279 g/mol. The number of carbonyl (C=O) groups excluding carboxylic acids is 1. The van der Waals surface area contributed by atoms with Gasteiger partial charge in [-0.2, -0.15) is 26.3 Å². The van der Waals surface area contributed by atoms with E-state index in [0.29, 0.717) is 0 Å². The van der Waals surface area contributed by atoms with Gasteiger partial charge in [0.1, 0.15) is 5.82 Å². The van der Waals surface area contributed by atoms with Crippen LogP contribution in [0.4, 0.5) is 26.3 Å². The third-order valence-electron chi connectivity index (χ3n) is 2.14. The van der Waals surface area contributed by atoms with E-state index in [0.717, 1.165) is 6.92 Å². The standard InChI is InChI=1S/C8H11F6N3O/c1-3-6(7(9,10)11,8(12,13)14)16-5(2)17-15-4-18/h4,16-17H,2-3H2,1H3,(H,15,18). The molecule has 18 heavy (non-hydrogen) atoms. The Morgan fingerprint density at radius 1 is 1.17 bits per heavy atom. The summed E-state index contributed by atoms with van der Waals surface area (Å²) in [5.74, 6) is -0.835. The van der Waals surface area contributed by atoms with Gasteiger partial charge in [0, 0.05) is 0 Å². The molecule has 106 valence electrons. The maximum atomic E-state index is 12.6. The number of amides is 1. The molecule has 0 aliphatic rings. The molecule has 0 atom stereocenters. The Morgan fingerprint density at radius 3 is 1.89 bits per heavy atom. The van der Waals surface area contributed by atoms with Crippen molar-refractivity contribution in [2.75, 3.05) is 0 Å². The van der Waals surface area contributed by atoms with Crippen molar-refractivity contribution in [1.82, 2.24) is 16.2 Å². The molecule has 0 bridgehead atoms. The highest BCUT2D eigenvalue weighted by Crippen LogP contribution is 2.45. The van der Waals surface area contributed by atoms with Crippen LogP contribution in [0.3, 0.4) is 0 Å². The third-order valence-corrected chi connectivity index (χ3v) is 2.14. The molecule has 0 saturated carbocycles. The number of hydrogen-bond acceptors (Lipinski definition) is 3. The normalized spacial score (nSPS) is 12.8. The summed E-state index contributed by atoms with van der Waals surface area (Å²) < 4.78 is 75.7. The molecule has 0 heterocycles. The number of alkyl halides is 6. The van der Waals surface area contributed by atoms with Gasteiger partial charge >= 0.3 is 12.4 Å². The molecular weight excluding hydrogens is 268 g/mol. The lowest BCUT2D eigenvalue weighted by Gasteiger charge is -2.38. The first-order valence-electron chi connectivity index (χ1n) is 4.57. The smallest absolute Gasteiger partial charge is 0.350 e. The molecule has 0 rings (SSSR count). The first-order chi connectivity index (χ1) is 8.02. The van der Waals surface area contributed by atoms with Gasteiger partial charge in [0.2, 0.25) is 11.9 Å². The molecule has 0 fully saturated rings. The SMILES string of the molecule is C=C(NNC=O)NC(CC)(C(F)(F)F)C(F)(F)F. The van der Waals surface area contributed by atoms with Crippen LogP contribution < -0.4 is 16.2 Å². The van der Waals surface area contributed by atoms with E-state index in [1.807, 2.05) is 0 Å². The summed E-state index contributed by atoms with van der Waals surface area (Å²) in [5.41, 5.74) is -0.718. The van der Waals surface area contributed by atoms with Crippen LogP contribution >= 0.6 is 0 Å². The largest absolute Gasteiger partial charge is 0.420 e. The van der Waals surface area contributed by atoms with E-state index in [1.165, 1.54) is 5.32 Å². The first kappa shape index (κ1) is 16.4. The highest BCUT2D eigenvalue weighted by Gasteiger charge is 2.70. The zero-order valence-electron chi connectivity index (χ0n) is 9.17. The second kappa shape index (κ2) is 5.36. The lowest BCUT2D eigenvalue weighted by molar-refractivity contribution is -0.306. The van der Waals surface area contributed by atoms with Crippen LogP contribution in [0.5, 0.6) is 0 Å². The Balaban J connectivity index is 5.24. The zero-order valence-corrected chi connectivity index (χ0v) is 9.17. The third kappa shape index (κ3) is 3.20. The highest BCUT2D eigenvalue weighted by molar-refractivity contribution is 5.45. The average molecular weight is 279 g/mol. The summed E-state index contributed by atoms with van der Waals surface area (Å²) >= 11 is 0. The number of hydrazine groups is 1. The van der Waals surface area contributed by atoms with E-state index in [2.05, 4.69) is 6.58 Å². The average Bonchev–Trinajstić information content (AvgIpc) is 2.19. The molecule has 3 N–H and O–H groups in total. The number of hydrogen-bond donors (Lipinski definition) is 3. The lowest BCUT2D eigenvalue weighted by atomic mass is 9.94. The van der Waals surface area contributed by atoms with Crippen LogP contribution in [-0.2, 0) is 4.79 Å². The molecule has 0 saturated heterocycles. The van der Waals surface area contributed by atoms with Gasteiger partial charge in [0.05, 0.1) is 0 Å². The Kier molecular flexibility index (Phi) is 4.88. The second-order valence-electron chi connectivity index (χ2n) is 3.25. The summed E-state index contributed by atoms with van der Waals surface area (Å²) in [4.78, 5) is 9.85. The van der Waals surface area contributed by atoms with Crippen molar-refractivity contribution >= 4 is 6.41 Å². The van der Waals surface area contributed by atoms with Crippen molar-refractivity contribution in [2.24, 2.45) is 0 Å². The predicted molar refractivity (Wildman–Crippen MR) is 49.7 cm³/mol. The minimum atomic E-state index is -5.58. The van der Waals surface area contributed by atoms with Crippen LogP contribution in [0.2, 0.25) is 0 Å². The Hall–Kier alpha value is -1.61. The minimum absolute atomic E-state index is 0.0294. The van der Waals surface area contributed by atoms with Gasteiger partial charge in [-0.05, 0) is 6.42 Å². The van der Waals surface area contributed by atoms with Crippen molar-refractivity contribution in [1.29, 1.82) is 0 Å². The molecule has 0 aromatic heterocycles. The molecule has 10 heteroatoms. The van der Waals surface area contributed by atoms with Gasteiger partial charge in [0.25, 0.3) is 0 Å². The van der Waals surface area contributed by atoms with Gasteiger partial charge < -0.3 is 5.32 Å². The van der Waals surface area contributed by atoms with Gasteiger partial charge in [-0.3, -0.25) is 15.6 Å². The maximum absolute atomic E-state index is 12.6. The molecule has 0 radical (unpaired) electrons. The van der Waals surface area contributed by atoms with Gasteiger partial charge in [0.15, 0.2) is 0 Å². The minimum Gasteiger partial charge on any atom is -0.350 e. The van der Waals surface area contributed by atoms with Gasteiger partial charge in [-0.1, -0.05) is 13.5 Å². The fraction of sp³-hybridized carbons (Fsp3) is 0.625. The molecule has 1 amide bonds. The van der Waals surface area contributed by atoms with E-state index in [-0.39, 0.29) is 6.41 Å². The Bertz CT molecular complexity index is 297. The van der Waals surface area contributed by atoms with Crippen molar-refractivity contribution < 1.29 is 31.1 Å². The Labute approximate surface area is 98.4 Å². The van der Waals surface area contributed by atoms with Crippen molar-refractivity contribution in [2.45, 2.75) is 31.2 Å². The second-order valence-corrected chi connectivity index (χ2v) is 3.25. The molecule has 0 aromatic carbocycles. The lowest BCUT2D eigenvalue weighted by Crippen LogP contribution is -2.66. The number of rotatable bonds is 6. The summed E-state index contributed by atoms with van der Waals surface area (Å²) in [6, 6.07) is 0. The molecule has 0 aliphatic heterocycles. The quantitative estimate of drug-likeness (QED) is 0.393. The molecule has 0 spiro atoms. The molecule has 0 aliphatic carbocycles. The van der Waals surface area contributed by atoms with Crippen LogP contribution in [0, 0.1) is 0 Å². The van der Waals surface area contributed by atoms with E-state index in [1.54, 1.807) is 10.9 Å². The summed E-state index contributed by atoms with van der Waals surface area (Å²) in [6.07, 6.45) is -12.4. The van der Waals surface area contributed by atoms with E-state index in [9.17, 15) is 31.1 Å². The summed E-state index contributed by atoms with van der Waals surface area (Å²) in [7, 11) is 0. The summed E-state index contributed by atoms with van der Waals surface area (Å²) in [5, 5.41) is 1.22. The molecule has 4 nitrogen and oxygen atoms in total. The summed E-state index contributed by atoms with van der Waals surface area (Å²) in [6.45, 7) is 3.64. The van der Waals surface area contributed by atoms with Crippen LogP contribution in [0.15, 0.2) is 12.4 Å². The first-order valence-corrected chi connectivity index (χ1v) is 4.57. The van der Waals surface area contributed by atoms with Crippen molar-refractivity contribution in [3.63, 3.8) is 0 Å². The van der Waals surface area contributed by atoms with Crippen molar-refractivity contribution in [3.05, 3.63) is 12.4 Å². The van der Waals surface area contributed by atoms with E-state index in [4.69, 9.17) is 0 Å². The fourth-order valence-corrected chi connectivity index (χ4v) is 1.20. The van der Waals surface area contributed by atoms with Gasteiger partial charge in [-0.25, -0.2) is 0 Å². The van der Waals surface area contributed by atoms with Gasteiger partial charge in [-0.15, -0.1) is 0 Å². The number of nitrogens with one attached hydrogen (secondary N) is 3. The number of carbonyl (C=O) groups is 1. The number of halogens is 6. The zero-order chi connectivity index (χ0) is 14.6. The van der Waals surface area contributed by atoms with Crippen LogP contribution in [0.1, 0.15) is 13.3 Å². The molecular formula is C8H11F6N3O. The van der Waals surface area contributed by atoms with E-state index >= 15 is 0 Å². The molecule has 0 aromatic rings. The van der Waals surface area contributed by atoms with Crippen molar-refractivity contribution in [3.8, 4) is 0 Å². The fourth-order valence-electron chi connectivity index (χ4n) is 1.20. The van der Waals surface area contributed by atoms with E-state index < -0.39 is 30.1 Å². The highest BCUT2D eigenvalue weighted by atomic mass is 19.4.